The standard InChI is InChI=1S/C11H19N5/c12-11-2-1-9-5-15(6-10(9)11)3-4-16-8-13-7-14-16/h7-11H,1-6,12H2. The Hall–Kier alpha value is -0.940. The number of hydrogen-bond acceptors (Lipinski definition) is 4. The molecule has 1 saturated heterocycles. The molecule has 16 heavy (non-hydrogen) atoms. The molecule has 0 radical (unpaired) electrons. The molecular formula is C11H19N5. The van der Waals surface area contributed by atoms with Crippen molar-refractivity contribution in [1.29, 1.82) is 0 Å². The zero-order chi connectivity index (χ0) is 11.0. The summed E-state index contributed by atoms with van der Waals surface area (Å²) in [7, 11) is 0. The molecule has 1 saturated carbocycles. The zero-order valence-corrected chi connectivity index (χ0v) is 9.50. The SMILES string of the molecule is NC1CCC2CN(CCn3cncn3)CC12. The van der Waals surface area contributed by atoms with Gasteiger partial charge in [0.05, 0.1) is 6.54 Å². The second kappa shape index (κ2) is 4.14. The fourth-order valence-electron chi connectivity index (χ4n) is 3.17. The Morgan fingerprint density at radius 1 is 1.25 bits per heavy atom. The number of nitrogens with zero attached hydrogens (tertiary/aromatic N) is 4. The van der Waals surface area contributed by atoms with E-state index >= 15 is 0 Å². The van der Waals surface area contributed by atoms with Crippen molar-refractivity contribution in [2.45, 2.75) is 25.4 Å². The molecule has 2 fully saturated rings. The van der Waals surface area contributed by atoms with E-state index in [-0.39, 0.29) is 0 Å². The van der Waals surface area contributed by atoms with Crippen LogP contribution in [-0.4, -0.2) is 45.3 Å². The molecule has 88 valence electrons. The van der Waals surface area contributed by atoms with Crippen LogP contribution in [0.25, 0.3) is 0 Å². The minimum atomic E-state index is 0.446. The van der Waals surface area contributed by atoms with Gasteiger partial charge in [0.1, 0.15) is 12.7 Å². The van der Waals surface area contributed by atoms with Crippen LogP contribution in [0.5, 0.6) is 0 Å². The van der Waals surface area contributed by atoms with Crippen LogP contribution >= 0.6 is 0 Å². The van der Waals surface area contributed by atoms with Crippen LogP contribution in [0.2, 0.25) is 0 Å². The van der Waals surface area contributed by atoms with Gasteiger partial charge in [0.2, 0.25) is 0 Å². The van der Waals surface area contributed by atoms with Gasteiger partial charge in [0.15, 0.2) is 0 Å². The quantitative estimate of drug-likeness (QED) is 0.777. The second-order valence-electron chi connectivity index (χ2n) is 5.08. The van der Waals surface area contributed by atoms with E-state index in [1.54, 1.807) is 12.7 Å². The van der Waals surface area contributed by atoms with Crippen LogP contribution in [0.4, 0.5) is 0 Å². The predicted molar refractivity (Wildman–Crippen MR) is 60.7 cm³/mol. The van der Waals surface area contributed by atoms with E-state index in [1.807, 2.05) is 4.68 Å². The molecule has 1 aromatic heterocycles. The van der Waals surface area contributed by atoms with Crippen LogP contribution in [0, 0.1) is 11.8 Å². The molecule has 5 heteroatoms. The van der Waals surface area contributed by atoms with E-state index in [1.165, 1.54) is 25.9 Å². The maximum atomic E-state index is 6.12. The van der Waals surface area contributed by atoms with E-state index in [2.05, 4.69) is 15.0 Å². The highest BCUT2D eigenvalue weighted by molar-refractivity contribution is 4.95. The van der Waals surface area contributed by atoms with Gasteiger partial charge < -0.3 is 10.6 Å². The van der Waals surface area contributed by atoms with Gasteiger partial charge in [0.25, 0.3) is 0 Å². The number of aromatic nitrogens is 3. The van der Waals surface area contributed by atoms with Crippen molar-refractivity contribution < 1.29 is 0 Å². The van der Waals surface area contributed by atoms with E-state index in [4.69, 9.17) is 5.73 Å². The van der Waals surface area contributed by atoms with E-state index in [0.29, 0.717) is 6.04 Å². The summed E-state index contributed by atoms with van der Waals surface area (Å²) in [5.74, 6) is 1.60. The topological polar surface area (TPSA) is 60.0 Å². The van der Waals surface area contributed by atoms with Crippen molar-refractivity contribution in [3.63, 3.8) is 0 Å². The Balaban J connectivity index is 1.51. The molecule has 0 aromatic carbocycles. The molecule has 0 spiro atoms. The average molecular weight is 221 g/mol. The molecule has 2 aliphatic rings. The number of rotatable bonds is 3. The highest BCUT2D eigenvalue weighted by Crippen LogP contribution is 2.36. The van der Waals surface area contributed by atoms with Gasteiger partial charge in [-0.25, -0.2) is 4.98 Å². The highest BCUT2D eigenvalue weighted by Gasteiger charge is 2.40. The molecule has 2 N–H and O–H groups in total. The van der Waals surface area contributed by atoms with Crippen LogP contribution in [-0.2, 0) is 6.54 Å². The molecule has 3 unspecified atom stereocenters. The lowest BCUT2D eigenvalue weighted by Crippen LogP contribution is -2.31. The zero-order valence-electron chi connectivity index (χ0n) is 9.50. The third kappa shape index (κ3) is 1.85. The van der Waals surface area contributed by atoms with Crippen molar-refractivity contribution in [2.75, 3.05) is 19.6 Å². The largest absolute Gasteiger partial charge is 0.327 e. The van der Waals surface area contributed by atoms with Crippen molar-refractivity contribution in [2.24, 2.45) is 17.6 Å². The monoisotopic (exact) mass is 221 g/mol. The molecule has 1 aromatic rings. The van der Waals surface area contributed by atoms with Gasteiger partial charge in [-0.2, -0.15) is 5.10 Å². The fraction of sp³-hybridized carbons (Fsp3) is 0.818. The van der Waals surface area contributed by atoms with Gasteiger partial charge >= 0.3 is 0 Å². The van der Waals surface area contributed by atoms with E-state index in [9.17, 15) is 0 Å². The van der Waals surface area contributed by atoms with Crippen LogP contribution < -0.4 is 5.73 Å². The molecule has 1 aliphatic heterocycles. The Bertz CT molecular complexity index is 336. The summed E-state index contributed by atoms with van der Waals surface area (Å²) in [6.45, 7) is 4.42. The van der Waals surface area contributed by atoms with Gasteiger partial charge in [0, 0.05) is 25.7 Å². The van der Waals surface area contributed by atoms with Crippen LogP contribution in [0.1, 0.15) is 12.8 Å². The molecule has 5 nitrogen and oxygen atoms in total. The number of likely N-dealkylation sites (tertiary alicyclic amines) is 1. The van der Waals surface area contributed by atoms with Gasteiger partial charge in [-0.05, 0) is 24.7 Å². The van der Waals surface area contributed by atoms with Crippen molar-refractivity contribution in [3.05, 3.63) is 12.7 Å². The number of hydrogen-bond donors (Lipinski definition) is 1. The summed E-state index contributed by atoms with van der Waals surface area (Å²) in [6.07, 6.45) is 5.93. The van der Waals surface area contributed by atoms with E-state index in [0.717, 1.165) is 24.9 Å². The molecule has 0 amide bonds. The lowest BCUT2D eigenvalue weighted by molar-refractivity contribution is 0.288. The minimum absolute atomic E-state index is 0.446. The van der Waals surface area contributed by atoms with Crippen molar-refractivity contribution in [1.82, 2.24) is 19.7 Å². The average Bonchev–Trinajstić information content (AvgIpc) is 2.95. The third-order valence-corrected chi connectivity index (χ3v) is 4.10. The minimum Gasteiger partial charge on any atom is -0.327 e. The fourth-order valence-corrected chi connectivity index (χ4v) is 3.17. The Kier molecular flexibility index (Phi) is 2.65. The van der Waals surface area contributed by atoms with Crippen molar-refractivity contribution >= 4 is 0 Å². The van der Waals surface area contributed by atoms with Crippen LogP contribution in [0.3, 0.4) is 0 Å². The summed E-state index contributed by atoms with van der Waals surface area (Å²) < 4.78 is 1.90. The summed E-state index contributed by atoms with van der Waals surface area (Å²) in [4.78, 5) is 6.47. The summed E-state index contributed by atoms with van der Waals surface area (Å²) in [6, 6.07) is 0.446. The smallest absolute Gasteiger partial charge is 0.137 e. The number of fused-ring (bicyclic) bond motifs is 1. The first-order valence-electron chi connectivity index (χ1n) is 6.13. The van der Waals surface area contributed by atoms with Gasteiger partial charge in [-0.1, -0.05) is 0 Å². The first-order chi connectivity index (χ1) is 7.83. The molecule has 1 aliphatic carbocycles. The summed E-state index contributed by atoms with van der Waals surface area (Å²) in [5, 5.41) is 4.12. The lowest BCUT2D eigenvalue weighted by atomic mass is 9.98. The van der Waals surface area contributed by atoms with Crippen LogP contribution in [0.15, 0.2) is 12.7 Å². The van der Waals surface area contributed by atoms with Gasteiger partial charge in [-0.15, -0.1) is 0 Å². The first-order valence-corrected chi connectivity index (χ1v) is 6.13. The van der Waals surface area contributed by atoms with Gasteiger partial charge in [-0.3, -0.25) is 4.68 Å². The molecule has 3 rings (SSSR count). The third-order valence-electron chi connectivity index (χ3n) is 4.10. The molecule has 3 atom stereocenters. The van der Waals surface area contributed by atoms with Crippen molar-refractivity contribution in [3.8, 4) is 0 Å². The summed E-state index contributed by atoms with van der Waals surface area (Å²) >= 11 is 0. The maximum absolute atomic E-state index is 6.12. The predicted octanol–water partition coefficient (Wildman–Crippen LogP) is -0.0528. The normalized spacial score (nSPS) is 34.4. The first kappa shape index (κ1) is 10.2. The summed E-state index contributed by atoms with van der Waals surface area (Å²) in [5.41, 5.74) is 6.12. The maximum Gasteiger partial charge on any atom is 0.137 e. The molecular weight excluding hydrogens is 202 g/mol. The second-order valence-corrected chi connectivity index (χ2v) is 5.08. The number of nitrogens with two attached hydrogens (primary N) is 1. The Morgan fingerprint density at radius 2 is 2.19 bits per heavy atom. The lowest BCUT2D eigenvalue weighted by Gasteiger charge is -2.17. The molecule has 0 bridgehead atoms. The molecule has 2 heterocycles. The Morgan fingerprint density at radius 3 is 2.94 bits per heavy atom. The highest BCUT2D eigenvalue weighted by atomic mass is 15.3. The Labute approximate surface area is 95.6 Å². The van der Waals surface area contributed by atoms with E-state index < -0.39 is 0 Å².